The summed E-state index contributed by atoms with van der Waals surface area (Å²) in [5.41, 5.74) is -2.37. The van der Waals surface area contributed by atoms with Gasteiger partial charge < -0.3 is 5.11 Å². The van der Waals surface area contributed by atoms with E-state index >= 15 is 0 Å². The lowest BCUT2D eigenvalue weighted by Gasteiger charge is -2.05. The summed E-state index contributed by atoms with van der Waals surface area (Å²) in [4.78, 5) is 11.1. The van der Waals surface area contributed by atoms with Gasteiger partial charge in [-0.3, -0.25) is 4.68 Å². The largest absolute Gasteiger partial charge is 0.478 e. The third-order valence-electron chi connectivity index (χ3n) is 4.14. The Balaban J connectivity index is 1.77. The average Bonchev–Trinajstić information content (AvgIpc) is 3.03. The van der Waals surface area contributed by atoms with Crippen molar-refractivity contribution in [3.05, 3.63) is 82.7 Å². The third-order valence-corrected chi connectivity index (χ3v) is 4.88. The highest BCUT2D eigenvalue weighted by Crippen LogP contribution is 2.36. The molecule has 3 aromatic rings. The highest BCUT2D eigenvalue weighted by Gasteiger charge is 2.28. The first-order valence-electron chi connectivity index (χ1n) is 8.71. The standard InChI is InChI=1S/C21H16F4N2O2S/c1-13-9-19(26-27(13)12-15-3-2-4-16(10-15)20(28)29)18(22)11-14-5-7-17(8-6-14)30-21(23,24)25/h2-11H,12H2,1H3,(H,28,29)/b18-11-. The molecule has 0 saturated carbocycles. The quantitative estimate of drug-likeness (QED) is 0.379. The van der Waals surface area contributed by atoms with Crippen LogP contribution in [0.25, 0.3) is 11.9 Å². The molecule has 30 heavy (non-hydrogen) atoms. The van der Waals surface area contributed by atoms with Gasteiger partial charge in [-0.25, -0.2) is 9.18 Å². The third kappa shape index (κ3) is 5.73. The molecule has 2 aromatic carbocycles. The molecule has 9 heteroatoms. The minimum Gasteiger partial charge on any atom is -0.478 e. The number of carboxylic acid groups (broad SMARTS) is 1. The number of aryl methyl sites for hydroxylation is 1. The number of alkyl halides is 3. The van der Waals surface area contributed by atoms with Gasteiger partial charge >= 0.3 is 11.5 Å². The monoisotopic (exact) mass is 436 g/mol. The second-order valence-electron chi connectivity index (χ2n) is 6.44. The summed E-state index contributed by atoms with van der Waals surface area (Å²) in [5, 5.41) is 13.3. The molecule has 0 aliphatic carbocycles. The van der Waals surface area contributed by atoms with Crippen LogP contribution in [0.1, 0.15) is 32.9 Å². The number of carboxylic acids is 1. The Hall–Kier alpha value is -3.07. The SMILES string of the molecule is Cc1cc(/C(F)=C/c2ccc(SC(F)(F)F)cc2)nn1Cc1cccc(C(=O)O)c1. The minimum atomic E-state index is -4.38. The van der Waals surface area contributed by atoms with Crippen molar-refractivity contribution in [1.82, 2.24) is 9.78 Å². The lowest BCUT2D eigenvalue weighted by molar-refractivity contribution is -0.0328. The highest BCUT2D eigenvalue weighted by molar-refractivity contribution is 8.00. The van der Waals surface area contributed by atoms with Crippen molar-refractivity contribution in [2.45, 2.75) is 23.9 Å². The molecule has 4 nitrogen and oxygen atoms in total. The summed E-state index contributed by atoms with van der Waals surface area (Å²) in [5.74, 6) is -1.67. The van der Waals surface area contributed by atoms with Crippen LogP contribution >= 0.6 is 11.8 Å². The van der Waals surface area contributed by atoms with Crippen molar-refractivity contribution in [1.29, 1.82) is 0 Å². The molecule has 1 aromatic heterocycles. The number of hydrogen-bond acceptors (Lipinski definition) is 3. The number of nitrogens with zero attached hydrogens (tertiary/aromatic N) is 2. The Bertz CT molecular complexity index is 1090. The predicted molar refractivity (Wildman–Crippen MR) is 107 cm³/mol. The number of rotatable bonds is 6. The van der Waals surface area contributed by atoms with E-state index in [9.17, 15) is 22.4 Å². The lowest BCUT2D eigenvalue weighted by Crippen LogP contribution is -2.05. The van der Waals surface area contributed by atoms with Gasteiger partial charge in [0.15, 0.2) is 5.83 Å². The van der Waals surface area contributed by atoms with Crippen LogP contribution in [0.3, 0.4) is 0 Å². The van der Waals surface area contributed by atoms with Crippen molar-refractivity contribution in [3.8, 4) is 0 Å². The predicted octanol–water partition coefficient (Wildman–Crippen LogP) is 6.02. The fraction of sp³-hybridized carbons (Fsp3) is 0.143. The van der Waals surface area contributed by atoms with Crippen molar-refractivity contribution >= 4 is 29.6 Å². The normalized spacial score (nSPS) is 12.2. The zero-order chi connectivity index (χ0) is 21.9. The molecule has 0 radical (unpaired) electrons. The van der Waals surface area contributed by atoms with Crippen molar-refractivity contribution in [2.24, 2.45) is 0 Å². The van der Waals surface area contributed by atoms with Gasteiger partial charge in [0.1, 0.15) is 5.69 Å². The number of halogens is 4. The smallest absolute Gasteiger partial charge is 0.446 e. The Kier molecular flexibility index (Phi) is 6.31. The zero-order valence-corrected chi connectivity index (χ0v) is 16.5. The summed E-state index contributed by atoms with van der Waals surface area (Å²) in [6, 6.07) is 13.3. The Morgan fingerprint density at radius 2 is 1.87 bits per heavy atom. The highest BCUT2D eigenvalue weighted by atomic mass is 32.2. The summed E-state index contributed by atoms with van der Waals surface area (Å²) in [6.07, 6.45) is 1.19. The number of carbonyl (C=O) groups is 1. The number of hydrogen-bond donors (Lipinski definition) is 1. The maximum Gasteiger partial charge on any atom is 0.446 e. The van der Waals surface area contributed by atoms with Crippen LogP contribution in [0.15, 0.2) is 59.5 Å². The number of aromatic nitrogens is 2. The van der Waals surface area contributed by atoms with Crippen molar-refractivity contribution in [3.63, 3.8) is 0 Å². The first kappa shape index (κ1) is 21.6. The van der Waals surface area contributed by atoms with Crippen LogP contribution in [0.2, 0.25) is 0 Å². The number of benzene rings is 2. The maximum atomic E-state index is 14.6. The molecule has 0 atom stereocenters. The maximum absolute atomic E-state index is 14.6. The molecule has 0 saturated heterocycles. The van der Waals surface area contributed by atoms with E-state index < -0.39 is 17.3 Å². The Labute approximate surface area is 173 Å². The molecule has 0 bridgehead atoms. The molecular formula is C21H16F4N2O2S. The molecule has 3 rings (SSSR count). The molecule has 0 fully saturated rings. The van der Waals surface area contributed by atoms with Crippen LogP contribution in [-0.2, 0) is 6.54 Å². The van der Waals surface area contributed by atoms with Crippen LogP contribution in [-0.4, -0.2) is 26.4 Å². The van der Waals surface area contributed by atoms with Crippen LogP contribution in [0.5, 0.6) is 0 Å². The summed E-state index contributed by atoms with van der Waals surface area (Å²) < 4.78 is 53.3. The van der Waals surface area contributed by atoms with E-state index in [0.717, 1.165) is 0 Å². The van der Waals surface area contributed by atoms with E-state index in [2.05, 4.69) is 5.10 Å². The van der Waals surface area contributed by atoms with Crippen LogP contribution in [0, 0.1) is 6.92 Å². The van der Waals surface area contributed by atoms with E-state index in [1.807, 2.05) is 0 Å². The molecule has 1 heterocycles. The van der Waals surface area contributed by atoms with Gasteiger partial charge in [0.25, 0.3) is 0 Å². The molecule has 0 aliphatic heterocycles. The second kappa shape index (κ2) is 8.74. The summed E-state index contributed by atoms with van der Waals surface area (Å²) >= 11 is -0.233. The van der Waals surface area contributed by atoms with Crippen molar-refractivity contribution < 1.29 is 27.5 Å². The van der Waals surface area contributed by atoms with Gasteiger partial charge in [-0.05, 0) is 66.2 Å². The molecule has 0 amide bonds. The van der Waals surface area contributed by atoms with Crippen LogP contribution < -0.4 is 0 Å². The Morgan fingerprint density at radius 1 is 1.17 bits per heavy atom. The van der Waals surface area contributed by atoms with Gasteiger partial charge in [-0.1, -0.05) is 24.3 Å². The molecule has 0 spiro atoms. The van der Waals surface area contributed by atoms with Gasteiger partial charge in [0, 0.05) is 10.6 Å². The van der Waals surface area contributed by atoms with E-state index in [-0.39, 0.29) is 34.5 Å². The fourth-order valence-electron chi connectivity index (χ4n) is 2.75. The van der Waals surface area contributed by atoms with Gasteiger partial charge in [-0.2, -0.15) is 18.3 Å². The molecular weight excluding hydrogens is 420 g/mol. The first-order valence-corrected chi connectivity index (χ1v) is 9.52. The van der Waals surface area contributed by atoms with E-state index in [4.69, 9.17) is 5.11 Å². The molecule has 0 unspecified atom stereocenters. The van der Waals surface area contributed by atoms with Gasteiger partial charge in [-0.15, -0.1) is 0 Å². The topological polar surface area (TPSA) is 55.1 Å². The molecule has 156 valence electrons. The summed E-state index contributed by atoms with van der Waals surface area (Å²) in [6.45, 7) is 2.01. The van der Waals surface area contributed by atoms with Crippen molar-refractivity contribution in [2.75, 3.05) is 0 Å². The molecule has 1 N–H and O–H groups in total. The fourth-order valence-corrected chi connectivity index (χ4v) is 3.29. The summed E-state index contributed by atoms with van der Waals surface area (Å²) in [7, 11) is 0. The van der Waals surface area contributed by atoms with E-state index in [1.165, 1.54) is 42.5 Å². The van der Waals surface area contributed by atoms with E-state index in [0.29, 0.717) is 16.8 Å². The van der Waals surface area contributed by atoms with Crippen LogP contribution in [0.4, 0.5) is 17.6 Å². The molecule has 0 aliphatic rings. The Morgan fingerprint density at radius 3 is 2.50 bits per heavy atom. The number of aromatic carboxylic acids is 1. The van der Waals surface area contributed by atoms with Gasteiger partial charge in [0.05, 0.1) is 12.1 Å². The average molecular weight is 436 g/mol. The zero-order valence-electron chi connectivity index (χ0n) is 15.7. The second-order valence-corrected chi connectivity index (χ2v) is 7.58. The van der Waals surface area contributed by atoms with Gasteiger partial charge in [0.2, 0.25) is 0 Å². The van der Waals surface area contributed by atoms with E-state index in [1.54, 1.807) is 29.8 Å². The minimum absolute atomic E-state index is 0.0174. The lowest BCUT2D eigenvalue weighted by atomic mass is 10.1. The first-order chi connectivity index (χ1) is 14.1. The number of thioether (sulfide) groups is 1.